The van der Waals surface area contributed by atoms with Crippen molar-refractivity contribution in [1.29, 1.82) is 0 Å². The molecule has 1 heterocycles. The van der Waals surface area contributed by atoms with Crippen molar-refractivity contribution in [3.8, 4) is 0 Å². The number of anilines is 2. The third kappa shape index (κ3) is 3.24. The minimum atomic E-state index is -0.456. The van der Waals surface area contributed by atoms with Crippen LogP contribution in [0.3, 0.4) is 0 Å². The van der Waals surface area contributed by atoms with Gasteiger partial charge in [0.1, 0.15) is 0 Å². The van der Waals surface area contributed by atoms with E-state index >= 15 is 0 Å². The van der Waals surface area contributed by atoms with Gasteiger partial charge in [0.05, 0.1) is 16.9 Å². The summed E-state index contributed by atoms with van der Waals surface area (Å²) in [5, 5.41) is 0. The third-order valence-electron chi connectivity index (χ3n) is 4.23. The molecular weight excluding hydrogens is 250 g/mol. The molecule has 1 aromatic carbocycles. The van der Waals surface area contributed by atoms with E-state index < -0.39 is 5.91 Å². The molecule has 1 unspecified atom stereocenters. The number of amides is 1. The highest BCUT2D eigenvalue weighted by Gasteiger charge is 2.19. The van der Waals surface area contributed by atoms with E-state index in [0.29, 0.717) is 11.3 Å². The lowest BCUT2D eigenvalue weighted by atomic mass is 9.96. The van der Waals surface area contributed by atoms with Crippen LogP contribution in [0.15, 0.2) is 18.2 Å². The van der Waals surface area contributed by atoms with Gasteiger partial charge in [-0.2, -0.15) is 0 Å². The molecule has 4 nitrogen and oxygen atoms in total. The van der Waals surface area contributed by atoms with Crippen LogP contribution in [-0.4, -0.2) is 19.0 Å². The first-order valence-electron chi connectivity index (χ1n) is 7.56. The minimum Gasteiger partial charge on any atom is -0.396 e. The molecule has 4 N–H and O–H groups in total. The first-order valence-corrected chi connectivity index (χ1v) is 7.56. The molecule has 0 saturated carbocycles. The van der Waals surface area contributed by atoms with Gasteiger partial charge in [0.2, 0.25) is 0 Å². The SMILES string of the molecule is CCCC1CCCN(c2cccc(C(N)=O)c2N)CC1. The molecule has 0 spiro atoms. The monoisotopic (exact) mass is 275 g/mol. The normalized spacial score (nSPS) is 19.6. The molecule has 1 aromatic rings. The second-order valence-corrected chi connectivity index (χ2v) is 5.68. The highest BCUT2D eigenvalue weighted by atomic mass is 16.1. The van der Waals surface area contributed by atoms with E-state index in [0.717, 1.165) is 24.7 Å². The van der Waals surface area contributed by atoms with Crippen LogP contribution in [0.5, 0.6) is 0 Å². The van der Waals surface area contributed by atoms with Crippen LogP contribution in [-0.2, 0) is 0 Å². The number of nitrogens with two attached hydrogens (primary N) is 2. The van der Waals surface area contributed by atoms with Crippen molar-refractivity contribution in [2.24, 2.45) is 11.7 Å². The zero-order chi connectivity index (χ0) is 14.5. The second kappa shape index (κ2) is 6.64. The van der Waals surface area contributed by atoms with Gasteiger partial charge in [0.15, 0.2) is 0 Å². The molecule has 2 rings (SSSR count). The van der Waals surface area contributed by atoms with Crippen LogP contribution in [0.2, 0.25) is 0 Å². The number of rotatable bonds is 4. The summed E-state index contributed by atoms with van der Waals surface area (Å²) in [6, 6.07) is 5.54. The molecule has 0 radical (unpaired) electrons. The lowest BCUT2D eigenvalue weighted by molar-refractivity contribution is 0.100. The number of para-hydroxylation sites is 1. The van der Waals surface area contributed by atoms with E-state index in [1.54, 1.807) is 6.07 Å². The van der Waals surface area contributed by atoms with Gasteiger partial charge < -0.3 is 16.4 Å². The maximum atomic E-state index is 11.4. The maximum absolute atomic E-state index is 11.4. The van der Waals surface area contributed by atoms with Crippen LogP contribution >= 0.6 is 0 Å². The highest BCUT2D eigenvalue weighted by Crippen LogP contribution is 2.30. The van der Waals surface area contributed by atoms with Gasteiger partial charge in [0.25, 0.3) is 5.91 Å². The van der Waals surface area contributed by atoms with Crippen LogP contribution in [0, 0.1) is 5.92 Å². The maximum Gasteiger partial charge on any atom is 0.250 e. The fourth-order valence-corrected chi connectivity index (χ4v) is 3.15. The number of benzene rings is 1. The molecule has 1 fully saturated rings. The zero-order valence-corrected chi connectivity index (χ0v) is 12.3. The Morgan fingerprint density at radius 3 is 2.85 bits per heavy atom. The highest BCUT2D eigenvalue weighted by molar-refractivity contribution is 6.00. The second-order valence-electron chi connectivity index (χ2n) is 5.68. The molecule has 1 amide bonds. The van der Waals surface area contributed by atoms with Gasteiger partial charge in [-0.15, -0.1) is 0 Å². The van der Waals surface area contributed by atoms with Crippen molar-refractivity contribution < 1.29 is 4.79 Å². The minimum absolute atomic E-state index is 0.428. The van der Waals surface area contributed by atoms with Gasteiger partial charge in [-0.05, 0) is 37.3 Å². The third-order valence-corrected chi connectivity index (χ3v) is 4.23. The van der Waals surface area contributed by atoms with Gasteiger partial charge in [0, 0.05) is 13.1 Å². The fraction of sp³-hybridized carbons (Fsp3) is 0.562. The summed E-state index contributed by atoms with van der Waals surface area (Å²) >= 11 is 0. The molecule has 0 bridgehead atoms. The largest absolute Gasteiger partial charge is 0.396 e. The first kappa shape index (κ1) is 14.7. The number of nitrogen functional groups attached to an aromatic ring is 1. The Kier molecular flexibility index (Phi) is 4.88. The van der Waals surface area contributed by atoms with Crippen molar-refractivity contribution in [2.45, 2.75) is 39.0 Å². The van der Waals surface area contributed by atoms with Crippen LogP contribution in [0.25, 0.3) is 0 Å². The van der Waals surface area contributed by atoms with Gasteiger partial charge in [-0.1, -0.05) is 25.8 Å². The lowest BCUT2D eigenvalue weighted by Crippen LogP contribution is -2.26. The summed E-state index contributed by atoms with van der Waals surface area (Å²) in [6.07, 6.45) is 6.24. The predicted molar refractivity (Wildman–Crippen MR) is 83.8 cm³/mol. The number of carbonyl (C=O) groups excluding carboxylic acids is 1. The van der Waals surface area contributed by atoms with E-state index in [1.807, 2.05) is 12.1 Å². The number of primary amides is 1. The van der Waals surface area contributed by atoms with Crippen molar-refractivity contribution >= 4 is 17.3 Å². The molecule has 1 saturated heterocycles. The fourth-order valence-electron chi connectivity index (χ4n) is 3.15. The summed E-state index contributed by atoms with van der Waals surface area (Å²) in [5.74, 6) is 0.369. The molecular formula is C16H25N3O. The Bertz CT molecular complexity index is 473. The molecule has 1 atom stereocenters. The summed E-state index contributed by atoms with van der Waals surface area (Å²) < 4.78 is 0. The topological polar surface area (TPSA) is 72.3 Å². The van der Waals surface area contributed by atoms with E-state index in [-0.39, 0.29) is 0 Å². The molecule has 110 valence electrons. The Balaban J connectivity index is 2.15. The van der Waals surface area contributed by atoms with E-state index in [9.17, 15) is 4.79 Å². The molecule has 0 aromatic heterocycles. The lowest BCUT2D eigenvalue weighted by Gasteiger charge is -2.25. The quantitative estimate of drug-likeness (QED) is 0.830. The van der Waals surface area contributed by atoms with Crippen molar-refractivity contribution in [3.63, 3.8) is 0 Å². The predicted octanol–water partition coefficient (Wildman–Crippen LogP) is 2.77. The molecule has 20 heavy (non-hydrogen) atoms. The summed E-state index contributed by atoms with van der Waals surface area (Å²) in [7, 11) is 0. The zero-order valence-electron chi connectivity index (χ0n) is 12.3. The average Bonchev–Trinajstić information content (AvgIpc) is 2.65. The molecule has 1 aliphatic rings. The number of carbonyl (C=O) groups is 1. The Morgan fingerprint density at radius 2 is 2.15 bits per heavy atom. The van der Waals surface area contributed by atoms with E-state index in [4.69, 9.17) is 11.5 Å². The van der Waals surface area contributed by atoms with Gasteiger partial charge in [-0.3, -0.25) is 4.79 Å². The molecule has 0 aliphatic carbocycles. The van der Waals surface area contributed by atoms with E-state index in [2.05, 4.69) is 11.8 Å². The smallest absolute Gasteiger partial charge is 0.250 e. The standard InChI is InChI=1S/C16H25N3O/c1-2-5-12-6-4-10-19(11-9-12)14-8-3-7-13(15(14)17)16(18)20/h3,7-8,12H,2,4-6,9-11,17H2,1H3,(H2,18,20). The van der Waals surface area contributed by atoms with Crippen LogP contribution in [0.1, 0.15) is 49.4 Å². The molecule has 1 aliphatic heterocycles. The Morgan fingerprint density at radius 1 is 1.35 bits per heavy atom. The number of hydrogen-bond acceptors (Lipinski definition) is 3. The molecule has 4 heteroatoms. The van der Waals surface area contributed by atoms with Crippen molar-refractivity contribution in [2.75, 3.05) is 23.7 Å². The summed E-state index contributed by atoms with van der Waals surface area (Å²) in [5.41, 5.74) is 13.4. The summed E-state index contributed by atoms with van der Waals surface area (Å²) in [4.78, 5) is 13.7. The van der Waals surface area contributed by atoms with Crippen molar-refractivity contribution in [3.05, 3.63) is 23.8 Å². The van der Waals surface area contributed by atoms with Crippen LogP contribution in [0.4, 0.5) is 11.4 Å². The number of nitrogens with zero attached hydrogens (tertiary/aromatic N) is 1. The van der Waals surface area contributed by atoms with Crippen molar-refractivity contribution in [1.82, 2.24) is 0 Å². The van der Waals surface area contributed by atoms with Gasteiger partial charge in [-0.25, -0.2) is 0 Å². The summed E-state index contributed by atoms with van der Waals surface area (Å²) in [6.45, 7) is 4.26. The Hall–Kier alpha value is -1.71. The average molecular weight is 275 g/mol. The van der Waals surface area contributed by atoms with E-state index in [1.165, 1.54) is 32.1 Å². The van der Waals surface area contributed by atoms with Crippen LogP contribution < -0.4 is 16.4 Å². The van der Waals surface area contributed by atoms with Gasteiger partial charge >= 0.3 is 0 Å². The number of hydrogen-bond donors (Lipinski definition) is 2. The Labute approximate surface area is 121 Å². The first-order chi connectivity index (χ1) is 9.63.